The number of carboxylic acids is 1. The molecule has 0 bridgehead atoms. The highest BCUT2D eigenvalue weighted by molar-refractivity contribution is 5.74. The summed E-state index contributed by atoms with van der Waals surface area (Å²) in [6, 6.07) is 0. The SMILES string of the molecule is CCOC(CNC(=O)OC(C)(C)C)C(=O)O. The molecule has 6 heteroatoms. The summed E-state index contributed by atoms with van der Waals surface area (Å²) >= 11 is 0. The van der Waals surface area contributed by atoms with Gasteiger partial charge in [-0.2, -0.15) is 0 Å². The smallest absolute Gasteiger partial charge is 0.407 e. The van der Waals surface area contributed by atoms with Gasteiger partial charge in [-0.3, -0.25) is 0 Å². The molecule has 0 radical (unpaired) electrons. The van der Waals surface area contributed by atoms with Crippen molar-refractivity contribution >= 4 is 12.1 Å². The third-order valence-corrected chi connectivity index (χ3v) is 1.47. The zero-order valence-corrected chi connectivity index (χ0v) is 10.1. The van der Waals surface area contributed by atoms with Gasteiger partial charge in [-0.05, 0) is 27.7 Å². The fraction of sp³-hybridized carbons (Fsp3) is 0.800. The van der Waals surface area contributed by atoms with Crippen LogP contribution >= 0.6 is 0 Å². The number of amides is 1. The molecular weight excluding hydrogens is 214 g/mol. The predicted octanol–water partition coefficient (Wildman–Crippen LogP) is 1.00. The van der Waals surface area contributed by atoms with Gasteiger partial charge in [0.05, 0.1) is 6.54 Å². The number of aliphatic carboxylic acids is 1. The number of rotatable bonds is 5. The topological polar surface area (TPSA) is 84.9 Å². The number of hydrogen-bond acceptors (Lipinski definition) is 4. The highest BCUT2D eigenvalue weighted by Gasteiger charge is 2.21. The zero-order chi connectivity index (χ0) is 12.8. The van der Waals surface area contributed by atoms with Crippen molar-refractivity contribution in [2.75, 3.05) is 13.2 Å². The molecule has 0 saturated carbocycles. The fourth-order valence-electron chi connectivity index (χ4n) is 0.909. The van der Waals surface area contributed by atoms with Crippen LogP contribution in [0.1, 0.15) is 27.7 Å². The first-order valence-corrected chi connectivity index (χ1v) is 5.07. The van der Waals surface area contributed by atoms with Gasteiger partial charge >= 0.3 is 12.1 Å². The van der Waals surface area contributed by atoms with Crippen molar-refractivity contribution in [3.05, 3.63) is 0 Å². The van der Waals surface area contributed by atoms with Crippen LogP contribution in [0.4, 0.5) is 4.79 Å². The largest absolute Gasteiger partial charge is 0.479 e. The van der Waals surface area contributed by atoms with Gasteiger partial charge in [0.2, 0.25) is 0 Å². The van der Waals surface area contributed by atoms with Gasteiger partial charge in [0.1, 0.15) is 5.60 Å². The molecule has 2 N–H and O–H groups in total. The van der Waals surface area contributed by atoms with Gasteiger partial charge in [0.15, 0.2) is 6.10 Å². The molecule has 0 aliphatic rings. The van der Waals surface area contributed by atoms with E-state index in [4.69, 9.17) is 14.6 Å². The van der Waals surface area contributed by atoms with Crippen molar-refractivity contribution in [1.82, 2.24) is 5.32 Å². The molecule has 1 amide bonds. The van der Waals surface area contributed by atoms with Crippen LogP contribution in [0, 0.1) is 0 Å². The van der Waals surface area contributed by atoms with Crippen molar-refractivity contribution in [2.45, 2.75) is 39.4 Å². The van der Waals surface area contributed by atoms with Crippen LogP contribution in [-0.4, -0.2) is 42.0 Å². The Kier molecular flexibility index (Phi) is 5.81. The number of alkyl carbamates (subject to hydrolysis) is 1. The number of hydrogen-bond donors (Lipinski definition) is 2. The first-order chi connectivity index (χ1) is 7.26. The molecule has 0 aromatic rings. The molecule has 0 rings (SSSR count). The molecule has 0 saturated heterocycles. The summed E-state index contributed by atoms with van der Waals surface area (Å²) in [4.78, 5) is 21.9. The average molecular weight is 233 g/mol. The molecule has 1 atom stereocenters. The summed E-state index contributed by atoms with van der Waals surface area (Å²) < 4.78 is 9.86. The molecule has 0 spiro atoms. The second-order valence-corrected chi connectivity index (χ2v) is 4.17. The van der Waals surface area contributed by atoms with Gasteiger partial charge < -0.3 is 19.9 Å². The van der Waals surface area contributed by atoms with Crippen molar-refractivity contribution in [2.24, 2.45) is 0 Å². The lowest BCUT2D eigenvalue weighted by atomic mass is 10.2. The molecule has 0 aromatic carbocycles. The van der Waals surface area contributed by atoms with E-state index in [9.17, 15) is 9.59 Å². The lowest BCUT2D eigenvalue weighted by molar-refractivity contribution is -0.149. The van der Waals surface area contributed by atoms with E-state index in [1.165, 1.54) is 0 Å². The molecule has 16 heavy (non-hydrogen) atoms. The van der Waals surface area contributed by atoms with E-state index in [1.54, 1.807) is 27.7 Å². The molecular formula is C10H19NO5. The van der Waals surface area contributed by atoms with E-state index in [2.05, 4.69) is 5.32 Å². The van der Waals surface area contributed by atoms with Gasteiger partial charge in [-0.1, -0.05) is 0 Å². The van der Waals surface area contributed by atoms with Crippen molar-refractivity contribution < 1.29 is 24.2 Å². The number of carbonyl (C=O) groups is 2. The predicted molar refractivity (Wildman–Crippen MR) is 57.3 cm³/mol. The minimum atomic E-state index is -1.11. The number of nitrogens with one attached hydrogen (secondary N) is 1. The Labute approximate surface area is 94.9 Å². The van der Waals surface area contributed by atoms with E-state index >= 15 is 0 Å². The minimum Gasteiger partial charge on any atom is -0.479 e. The third kappa shape index (κ3) is 7.05. The molecule has 0 aliphatic carbocycles. The van der Waals surface area contributed by atoms with E-state index < -0.39 is 23.8 Å². The van der Waals surface area contributed by atoms with E-state index in [0.29, 0.717) is 0 Å². The summed E-state index contributed by atoms with van der Waals surface area (Å²) in [5.74, 6) is -1.11. The second-order valence-electron chi connectivity index (χ2n) is 4.17. The lowest BCUT2D eigenvalue weighted by Gasteiger charge is -2.20. The highest BCUT2D eigenvalue weighted by atomic mass is 16.6. The number of carboxylic acid groups (broad SMARTS) is 1. The maximum absolute atomic E-state index is 11.2. The summed E-state index contributed by atoms with van der Waals surface area (Å²) in [7, 11) is 0. The van der Waals surface area contributed by atoms with Crippen molar-refractivity contribution in [3.8, 4) is 0 Å². The lowest BCUT2D eigenvalue weighted by Crippen LogP contribution is -2.40. The van der Waals surface area contributed by atoms with Crippen molar-refractivity contribution in [1.29, 1.82) is 0 Å². The van der Waals surface area contributed by atoms with Gasteiger partial charge in [-0.25, -0.2) is 9.59 Å². The van der Waals surface area contributed by atoms with Crippen LogP contribution < -0.4 is 5.32 Å². The maximum Gasteiger partial charge on any atom is 0.407 e. The Bertz CT molecular complexity index is 246. The van der Waals surface area contributed by atoms with Crippen molar-refractivity contribution in [3.63, 3.8) is 0 Å². The Morgan fingerprint density at radius 1 is 1.38 bits per heavy atom. The molecule has 94 valence electrons. The summed E-state index contributed by atoms with van der Waals surface area (Å²) in [6.45, 7) is 7.02. The van der Waals surface area contributed by atoms with Gasteiger partial charge in [-0.15, -0.1) is 0 Å². The van der Waals surface area contributed by atoms with Crippen LogP contribution in [0.15, 0.2) is 0 Å². The Balaban J connectivity index is 4.01. The van der Waals surface area contributed by atoms with E-state index in [1.807, 2.05) is 0 Å². The quantitative estimate of drug-likeness (QED) is 0.740. The standard InChI is InChI=1S/C10H19NO5/c1-5-15-7(8(12)13)6-11-9(14)16-10(2,3)4/h7H,5-6H2,1-4H3,(H,11,14)(H,12,13). The molecule has 6 nitrogen and oxygen atoms in total. The zero-order valence-electron chi connectivity index (χ0n) is 10.1. The molecule has 0 heterocycles. The Hall–Kier alpha value is -1.30. The van der Waals surface area contributed by atoms with E-state index in [-0.39, 0.29) is 13.2 Å². The third-order valence-electron chi connectivity index (χ3n) is 1.47. The van der Waals surface area contributed by atoms with Gasteiger partial charge in [0, 0.05) is 6.61 Å². The Morgan fingerprint density at radius 3 is 2.31 bits per heavy atom. The first-order valence-electron chi connectivity index (χ1n) is 5.07. The summed E-state index contributed by atoms with van der Waals surface area (Å²) in [5, 5.41) is 11.1. The minimum absolute atomic E-state index is 0.113. The van der Waals surface area contributed by atoms with Gasteiger partial charge in [0.25, 0.3) is 0 Å². The van der Waals surface area contributed by atoms with E-state index in [0.717, 1.165) is 0 Å². The summed E-state index contributed by atoms with van der Waals surface area (Å²) in [6.07, 6.45) is -1.70. The molecule has 1 unspecified atom stereocenters. The normalized spacial score (nSPS) is 13.0. The van der Waals surface area contributed by atoms with Crippen LogP contribution in [-0.2, 0) is 14.3 Å². The highest BCUT2D eigenvalue weighted by Crippen LogP contribution is 2.06. The molecule has 0 aromatic heterocycles. The average Bonchev–Trinajstić information content (AvgIpc) is 2.08. The Morgan fingerprint density at radius 2 is 1.94 bits per heavy atom. The molecule has 0 fully saturated rings. The number of ether oxygens (including phenoxy) is 2. The maximum atomic E-state index is 11.2. The van der Waals surface area contributed by atoms with Crippen LogP contribution in [0.25, 0.3) is 0 Å². The monoisotopic (exact) mass is 233 g/mol. The fourth-order valence-corrected chi connectivity index (χ4v) is 0.909. The molecule has 0 aliphatic heterocycles. The summed E-state index contributed by atoms with van der Waals surface area (Å²) in [5.41, 5.74) is -0.603. The van der Waals surface area contributed by atoms with Crippen LogP contribution in [0.3, 0.4) is 0 Å². The first kappa shape index (κ1) is 14.7. The number of carbonyl (C=O) groups excluding carboxylic acids is 1. The second kappa shape index (κ2) is 6.32. The van der Waals surface area contributed by atoms with Crippen LogP contribution in [0.2, 0.25) is 0 Å². The van der Waals surface area contributed by atoms with Crippen LogP contribution in [0.5, 0.6) is 0 Å².